The standard InChI is InChI=1S/C27H22F4N6O3/c1-13-8-16(10-19(40-13)15-6-7-33-20(11-15)39-3)24-34-21(17-5-4-14(12-32)9-18(17)28)22-23(35-24)25(38)37(2)26(36-22)27(29,30)31/h4-7,9,11,13,16,19H,8,10H2,1-3H3/t13-,16+,19+/m0/s1. The summed E-state index contributed by atoms with van der Waals surface area (Å²) in [7, 11) is 2.44. The van der Waals surface area contributed by atoms with E-state index in [0.29, 0.717) is 23.3 Å². The predicted molar refractivity (Wildman–Crippen MR) is 134 cm³/mol. The Bertz CT molecular complexity index is 1720. The number of hydrogen-bond donors (Lipinski definition) is 0. The zero-order valence-electron chi connectivity index (χ0n) is 21.5. The monoisotopic (exact) mass is 554 g/mol. The van der Waals surface area contributed by atoms with Gasteiger partial charge in [0.05, 0.1) is 31.0 Å². The molecule has 0 N–H and O–H groups in total. The quantitative estimate of drug-likeness (QED) is 0.329. The minimum absolute atomic E-state index is 0.00793. The molecular weight excluding hydrogens is 532 g/mol. The Hall–Kier alpha value is -4.44. The first-order valence-electron chi connectivity index (χ1n) is 12.2. The Kier molecular flexibility index (Phi) is 6.97. The van der Waals surface area contributed by atoms with Crippen molar-refractivity contribution in [3.8, 4) is 23.2 Å². The average Bonchev–Trinajstić information content (AvgIpc) is 2.93. The van der Waals surface area contributed by atoms with Gasteiger partial charge in [-0.3, -0.25) is 9.36 Å². The third-order valence-corrected chi connectivity index (χ3v) is 6.77. The maximum atomic E-state index is 15.2. The van der Waals surface area contributed by atoms with E-state index in [4.69, 9.17) is 14.7 Å². The molecule has 1 aliphatic rings. The Labute approximate surface area is 225 Å². The number of rotatable bonds is 4. The second-order valence-electron chi connectivity index (χ2n) is 9.47. The van der Waals surface area contributed by atoms with Crippen molar-refractivity contribution in [2.75, 3.05) is 7.11 Å². The second kappa shape index (κ2) is 10.3. The maximum Gasteiger partial charge on any atom is 0.449 e. The van der Waals surface area contributed by atoms with Crippen molar-refractivity contribution in [1.82, 2.24) is 24.5 Å². The largest absolute Gasteiger partial charge is 0.481 e. The molecule has 5 rings (SSSR count). The zero-order chi connectivity index (χ0) is 28.8. The molecule has 0 amide bonds. The van der Waals surface area contributed by atoms with Crippen LogP contribution in [0.15, 0.2) is 41.3 Å². The highest BCUT2D eigenvalue weighted by Gasteiger charge is 2.38. The van der Waals surface area contributed by atoms with Gasteiger partial charge in [0.25, 0.3) is 5.56 Å². The number of benzene rings is 1. The molecule has 13 heteroatoms. The highest BCUT2D eigenvalue weighted by molar-refractivity contribution is 5.88. The van der Waals surface area contributed by atoms with Gasteiger partial charge in [-0.05, 0) is 49.6 Å². The Balaban J connectivity index is 1.71. The molecular formula is C27H22F4N6O3. The minimum atomic E-state index is -4.96. The number of methoxy groups -OCH3 is 1. The lowest BCUT2D eigenvalue weighted by Gasteiger charge is -2.33. The molecule has 1 aromatic carbocycles. The van der Waals surface area contributed by atoms with Gasteiger partial charge in [-0.15, -0.1) is 0 Å². The molecule has 40 heavy (non-hydrogen) atoms. The van der Waals surface area contributed by atoms with Gasteiger partial charge in [0.15, 0.2) is 5.52 Å². The summed E-state index contributed by atoms with van der Waals surface area (Å²) in [6, 6.07) is 8.79. The maximum absolute atomic E-state index is 15.2. The van der Waals surface area contributed by atoms with Crippen molar-refractivity contribution in [3.63, 3.8) is 0 Å². The number of ether oxygens (including phenoxy) is 2. The lowest BCUT2D eigenvalue weighted by Crippen LogP contribution is -2.30. The molecule has 206 valence electrons. The van der Waals surface area contributed by atoms with Gasteiger partial charge < -0.3 is 9.47 Å². The Morgan fingerprint density at radius 2 is 1.90 bits per heavy atom. The summed E-state index contributed by atoms with van der Waals surface area (Å²) in [5, 5.41) is 9.13. The van der Waals surface area contributed by atoms with Crippen LogP contribution in [0.1, 0.15) is 54.6 Å². The van der Waals surface area contributed by atoms with Crippen LogP contribution >= 0.6 is 0 Å². The van der Waals surface area contributed by atoms with E-state index in [1.807, 2.05) is 13.0 Å². The number of fused-ring (bicyclic) bond motifs is 1. The molecule has 0 unspecified atom stereocenters. The number of aromatic nitrogens is 5. The Morgan fingerprint density at radius 1 is 1.12 bits per heavy atom. The number of pyridine rings is 1. The van der Waals surface area contributed by atoms with Crippen LogP contribution in [-0.2, 0) is 18.0 Å². The topological polar surface area (TPSA) is 116 Å². The van der Waals surface area contributed by atoms with E-state index in [9.17, 15) is 18.0 Å². The average molecular weight is 555 g/mol. The van der Waals surface area contributed by atoms with Gasteiger partial charge >= 0.3 is 6.18 Å². The molecule has 9 nitrogen and oxygen atoms in total. The van der Waals surface area contributed by atoms with Crippen LogP contribution in [0.5, 0.6) is 5.88 Å². The molecule has 4 heterocycles. The fourth-order valence-electron chi connectivity index (χ4n) is 4.87. The van der Waals surface area contributed by atoms with Crippen LogP contribution in [-0.4, -0.2) is 37.7 Å². The van der Waals surface area contributed by atoms with E-state index >= 15 is 4.39 Å². The van der Waals surface area contributed by atoms with E-state index in [1.54, 1.807) is 18.3 Å². The minimum Gasteiger partial charge on any atom is -0.481 e. The SMILES string of the molecule is COc1cc([C@H]2C[C@H](c3nc(-c4ccc(C#N)cc4F)c4nc(C(F)(F)F)n(C)c(=O)c4n3)C[C@H](C)O2)ccn1. The normalized spacial score (nSPS) is 19.4. The number of hydrogen-bond acceptors (Lipinski definition) is 8. The highest BCUT2D eigenvalue weighted by Crippen LogP contribution is 2.41. The third-order valence-electron chi connectivity index (χ3n) is 6.77. The summed E-state index contributed by atoms with van der Waals surface area (Å²) in [5.41, 5.74) is -1.60. The summed E-state index contributed by atoms with van der Waals surface area (Å²) >= 11 is 0. The van der Waals surface area contributed by atoms with Crippen LogP contribution in [0.2, 0.25) is 0 Å². The van der Waals surface area contributed by atoms with Crippen molar-refractivity contribution < 1.29 is 27.0 Å². The first-order valence-corrected chi connectivity index (χ1v) is 12.2. The number of nitrogens with zero attached hydrogens (tertiary/aromatic N) is 6. The fourth-order valence-corrected chi connectivity index (χ4v) is 4.87. The summed E-state index contributed by atoms with van der Waals surface area (Å²) in [6.07, 6.45) is -3.27. The molecule has 0 radical (unpaired) electrons. The van der Waals surface area contributed by atoms with E-state index in [0.717, 1.165) is 18.7 Å². The van der Waals surface area contributed by atoms with Crippen molar-refractivity contribution in [2.45, 2.75) is 44.1 Å². The number of alkyl halides is 3. The van der Waals surface area contributed by atoms with Crippen LogP contribution in [0, 0.1) is 17.1 Å². The van der Waals surface area contributed by atoms with Crippen molar-refractivity contribution in [3.05, 3.63) is 75.5 Å². The first kappa shape index (κ1) is 27.1. The van der Waals surface area contributed by atoms with Gasteiger partial charge in [-0.2, -0.15) is 18.4 Å². The van der Waals surface area contributed by atoms with Gasteiger partial charge in [-0.25, -0.2) is 24.3 Å². The lowest BCUT2D eigenvalue weighted by molar-refractivity contribution is -0.147. The molecule has 1 fully saturated rings. The summed E-state index contributed by atoms with van der Waals surface area (Å²) in [5.74, 6) is -2.23. The van der Waals surface area contributed by atoms with E-state index in [1.165, 1.54) is 19.2 Å². The zero-order valence-corrected chi connectivity index (χ0v) is 21.5. The van der Waals surface area contributed by atoms with E-state index in [2.05, 4.69) is 19.9 Å². The summed E-state index contributed by atoms with van der Waals surface area (Å²) in [4.78, 5) is 29.8. The molecule has 0 saturated carbocycles. The summed E-state index contributed by atoms with van der Waals surface area (Å²) < 4.78 is 68.1. The molecule has 0 bridgehead atoms. The molecule has 1 saturated heterocycles. The van der Waals surface area contributed by atoms with Crippen molar-refractivity contribution >= 4 is 11.0 Å². The smallest absolute Gasteiger partial charge is 0.449 e. The van der Waals surface area contributed by atoms with E-state index in [-0.39, 0.29) is 34.3 Å². The van der Waals surface area contributed by atoms with Gasteiger partial charge in [-0.1, -0.05) is 0 Å². The molecule has 3 aromatic heterocycles. The Morgan fingerprint density at radius 3 is 2.58 bits per heavy atom. The summed E-state index contributed by atoms with van der Waals surface area (Å²) in [6.45, 7) is 1.86. The molecule has 0 aliphatic carbocycles. The second-order valence-corrected chi connectivity index (χ2v) is 9.47. The van der Waals surface area contributed by atoms with Crippen LogP contribution in [0.4, 0.5) is 17.6 Å². The highest BCUT2D eigenvalue weighted by atomic mass is 19.4. The van der Waals surface area contributed by atoms with Gasteiger partial charge in [0.1, 0.15) is 22.9 Å². The molecule has 0 spiro atoms. The first-order chi connectivity index (χ1) is 19.0. The third kappa shape index (κ3) is 4.98. The van der Waals surface area contributed by atoms with Crippen molar-refractivity contribution in [2.24, 2.45) is 7.05 Å². The van der Waals surface area contributed by atoms with Gasteiger partial charge in [0.2, 0.25) is 11.7 Å². The van der Waals surface area contributed by atoms with Crippen LogP contribution < -0.4 is 10.3 Å². The van der Waals surface area contributed by atoms with Crippen LogP contribution in [0.25, 0.3) is 22.3 Å². The number of halogens is 4. The van der Waals surface area contributed by atoms with Crippen molar-refractivity contribution in [1.29, 1.82) is 5.26 Å². The number of nitriles is 1. The fraction of sp³-hybridized carbons (Fsp3) is 0.333. The predicted octanol–water partition coefficient (Wildman–Crippen LogP) is 4.85. The van der Waals surface area contributed by atoms with E-state index < -0.39 is 40.9 Å². The van der Waals surface area contributed by atoms with Crippen LogP contribution in [0.3, 0.4) is 0 Å². The lowest BCUT2D eigenvalue weighted by atomic mass is 9.88. The molecule has 1 aliphatic heterocycles. The van der Waals surface area contributed by atoms with Gasteiger partial charge in [0, 0.05) is 30.8 Å². The molecule has 4 aromatic rings. The molecule has 3 atom stereocenters.